The number of hydrogen-bond acceptors (Lipinski definition) is 4. The van der Waals surface area contributed by atoms with E-state index in [-0.39, 0.29) is 0 Å². The highest BCUT2D eigenvalue weighted by atomic mass is 35.5. The molecule has 100 valence electrons. The van der Waals surface area contributed by atoms with Gasteiger partial charge in [0, 0.05) is 24.8 Å². The van der Waals surface area contributed by atoms with Gasteiger partial charge in [0.15, 0.2) is 0 Å². The van der Waals surface area contributed by atoms with Gasteiger partial charge in [0.05, 0.1) is 16.9 Å². The smallest absolute Gasteiger partial charge is 0.219 e. The fourth-order valence-corrected chi connectivity index (χ4v) is 1.65. The third-order valence-electron chi connectivity index (χ3n) is 2.43. The molecule has 0 bridgehead atoms. The van der Waals surface area contributed by atoms with Gasteiger partial charge in [-0.3, -0.25) is 4.98 Å². The Labute approximate surface area is 117 Å². The summed E-state index contributed by atoms with van der Waals surface area (Å²) in [5, 5.41) is 3.91. The second-order valence-electron chi connectivity index (χ2n) is 4.40. The van der Waals surface area contributed by atoms with Gasteiger partial charge in [-0.1, -0.05) is 25.4 Å². The van der Waals surface area contributed by atoms with Gasteiger partial charge in [-0.05, 0) is 18.2 Å². The van der Waals surface area contributed by atoms with E-state index in [2.05, 4.69) is 29.1 Å². The zero-order valence-corrected chi connectivity index (χ0v) is 11.7. The summed E-state index contributed by atoms with van der Waals surface area (Å²) in [5.41, 5.74) is 0.775. The Hall–Kier alpha value is -1.65. The van der Waals surface area contributed by atoms with Crippen LogP contribution in [-0.4, -0.2) is 16.0 Å². The van der Waals surface area contributed by atoms with Gasteiger partial charge in [0.2, 0.25) is 5.88 Å². The van der Waals surface area contributed by atoms with Gasteiger partial charge in [-0.25, -0.2) is 4.98 Å². The standard InChI is InChI=1S/C14H16ClN3O/c1-10(2)17-9-13-12(15)5-6-14(18-13)19-11-4-3-7-16-8-11/h3-8,10,17H,9H2,1-2H3. The van der Waals surface area contributed by atoms with Crippen molar-refractivity contribution in [1.82, 2.24) is 15.3 Å². The van der Waals surface area contributed by atoms with Crippen LogP contribution in [0, 0.1) is 0 Å². The Kier molecular flexibility index (Phi) is 4.71. The van der Waals surface area contributed by atoms with Crippen molar-refractivity contribution >= 4 is 11.6 Å². The van der Waals surface area contributed by atoms with Gasteiger partial charge in [-0.2, -0.15) is 0 Å². The molecule has 2 heterocycles. The first-order valence-electron chi connectivity index (χ1n) is 6.12. The molecule has 2 aromatic heterocycles. The maximum atomic E-state index is 6.11. The minimum atomic E-state index is 0.376. The molecule has 5 heteroatoms. The van der Waals surface area contributed by atoms with Crippen LogP contribution in [0.25, 0.3) is 0 Å². The molecule has 4 nitrogen and oxygen atoms in total. The van der Waals surface area contributed by atoms with Gasteiger partial charge < -0.3 is 10.1 Å². The van der Waals surface area contributed by atoms with Crippen molar-refractivity contribution in [2.75, 3.05) is 0 Å². The van der Waals surface area contributed by atoms with E-state index in [0.29, 0.717) is 29.2 Å². The fraction of sp³-hybridized carbons (Fsp3) is 0.286. The fourth-order valence-electron chi connectivity index (χ4n) is 1.47. The van der Waals surface area contributed by atoms with E-state index in [9.17, 15) is 0 Å². The normalized spacial score (nSPS) is 10.7. The van der Waals surface area contributed by atoms with Crippen molar-refractivity contribution in [1.29, 1.82) is 0 Å². The summed E-state index contributed by atoms with van der Waals surface area (Å²) in [6, 6.07) is 7.55. The molecule has 1 N–H and O–H groups in total. The summed E-state index contributed by atoms with van der Waals surface area (Å²) in [4.78, 5) is 8.38. The summed E-state index contributed by atoms with van der Waals surface area (Å²) in [6.45, 7) is 4.76. The van der Waals surface area contributed by atoms with Crippen molar-refractivity contribution in [3.8, 4) is 11.6 Å². The molecule has 0 aromatic carbocycles. The molecule has 2 rings (SSSR count). The number of halogens is 1. The Balaban J connectivity index is 2.12. The summed E-state index contributed by atoms with van der Waals surface area (Å²) in [6.07, 6.45) is 3.34. The number of hydrogen-bond donors (Lipinski definition) is 1. The highest BCUT2D eigenvalue weighted by molar-refractivity contribution is 6.31. The van der Waals surface area contributed by atoms with Gasteiger partial charge in [0.25, 0.3) is 0 Å². The lowest BCUT2D eigenvalue weighted by molar-refractivity contribution is 0.456. The second-order valence-corrected chi connectivity index (χ2v) is 4.81. The first-order chi connectivity index (χ1) is 9.15. The largest absolute Gasteiger partial charge is 0.437 e. The molecule has 0 saturated heterocycles. The highest BCUT2D eigenvalue weighted by Crippen LogP contribution is 2.22. The molecule has 0 atom stereocenters. The molecule has 0 aliphatic carbocycles. The third kappa shape index (κ3) is 4.19. The Morgan fingerprint density at radius 2 is 2.16 bits per heavy atom. The van der Waals surface area contributed by atoms with Crippen LogP contribution in [0.5, 0.6) is 11.6 Å². The molecule has 0 saturated carbocycles. The average molecular weight is 278 g/mol. The second kappa shape index (κ2) is 6.50. The first-order valence-corrected chi connectivity index (χ1v) is 6.49. The summed E-state index contributed by atoms with van der Waals surface area (Å²) >= 11 is 6.11. The maximum Gasteiger partial charge on any atom is 0.219 e. The van der Waals surface area contributed by atoms with Crippen LogP contribution in [0.3, 0.4) is 0 Å². The third-order valence-corrected chi connectivity index (χ3v) is 2.77. The minimum absolute atomic E-state index is 0.376. The zero-order valence-electron chi connectivity index (χ0n) is 10.9. The lowest BCUT2D eigenvalue weighted by Crippen LogP contribution is -2.22. The van der Waals surface area contributed by atoms with Crippen molar-refractivity contribution in [3.63, 3.8) is 0 Å². The Morgan fingerprint density at radius 1 is 1.32 bits per heavy atom. The summed E-state index contributed by atoms with van der Waals surface area (Å²) in [7, 11) is 0. The predicted octanol–water partition coefficient (Wildman–Crippen LogP) is 3.42. The molecule has 0 spiro atoms. The van der Waals surface area contributed by atoms with E-state index >= 15 is 0 Å². The van der Waals surface area contributed by atoms with Crippen molar-refractivity contribution in [2.45, 2.75) is 26.4 Å². The Bertz CT molecular complexity index is 531. The van der Waals surface area contributed by atoms with Crippen molar-refractivity contribution in [3.05, 3.63) is 47.4 Å². The van der Waals surface area contributed by atoms with Crippen LogP contribution in [0.1, 0.15) is 19.5 Å². The van der Waals surface area contributed by atoms with Gasteiger partial charge in [0.1, 0.15) is 5.75 Å². The van der Waals surface area contributed by atoms with E-state index in [0.717, 1.165) is 5.69 Å². The summed E-state index contributed by atoms with van der Waals surface area (Å²) < 4.78 is 5.62. The van der Waals surface area contributed by atoms with Crippen molar-refractivity contribution < 1.29 is 4.74 Å². The van der Waals surface area contributed by atoms with Gasteiger partial charge >= 0.3 is 0 Å². The lowest BCUT2D eigenvalue weighted by atomic mass is 10.3. The zero-order chi connectivity index (χ0) is 13.7. The maximum absolute atomic E-state index is 6.11. The predicted molar refractivity (Wildman–Crippen MR) is 75.5 cm³/mol. The highest BCUT2D eigenvalue weighted by Gasteiger charge is 2.06. The SMILES string of the molecule is CC(C)NCc1nc(Oc2cccnc2)ccc1Cl. The monoisotopic (exact) mass is 277 g/mol. The molecule has 0 unspecified atom stereocenters. The first kappa shape index (κ1) is 13.8. The molecule has 0 fully saturated rings. The topological polar surface area (TPSA) is 47.0 Å². The molecule has 0 radical (unpaired) electrons. The number of nitrogens with one attached hydrogen (secondary N) is 1. The molecule has 0 amide bonds. The van der Waals surface area contributed by atoms with E-state index < -0.39 is 0 Å². The average Bonchev–Trinajstić information content (AvgIpc) is 2.40. The number of ether oxygens (including phenoxy) is 1. The lowest BCUT2D eigenvalue weighted by Gasteiger charge is -2.10. The number of nitrogens with zero attached hydrogens (tertiary/aromatic N) is 2. The van der Waals surface area contributed by atoms with E-state index in [1.54, 1.807) is 24.5 Å². The minimum Gasteiger partial charge on any atom is -0.437 e. The number of aromatic nitrogens is 2. The van der Waals surface area contributed by atoms with E-state index in [4.69, 9.17) is 16.3 Å². The number of rotatable bonds is 5. The molecule has 2 aromatic rings. The number of pyridine rings is 2. The molecule has 19 heavy (non-hydrogen) atoms. The molecule has 0 aliphatic rings. The van der Waals surface area contributed by atoms with Crippen LogP contribution in [0.2, 0.25) is 5.02 Å². The van der Waals surface area contributed by atoms with Crippen molar-refractivity contribution in [2.24, 2.45) is 0 Å². The van der Waals surface area contributed by atoms with E-state index in [1.165, 1.54) is 0 Å². The van der Waals surface area contributed by atoms with Crippen LogP contribution in [0.15, 0.2) is 36.7 Å². The Morgan fingerprint density at radius 3 is 2.84 bits per heavy atom. The van der Waals surface area contributed by atoms with E-state index in [1.807, 2.05) is 12.1 Å². The van der Waals surface area contributed by atoms with Crippen LogP contribution in [0.4, 0.5) is 0 Å². The van der Waals surface area contributed by atoms with Crippen LogP contribution >= 0.6 is 11.6 Å². The molecular weight excluding hydrogens is 262 g/mol. The summed E-state index contributed by atoms with van der Waals surface area (Å²) in [5.74, 6) is 1.16. The van der Waals surface area contributed by atoms with Crippen LogP contribution < -0.4 is 10.1 Å². The molecule has 0 aliphatic heterocycles. The van der Waals surface area contributed by atoms with Gasteiger partial charge in [-0.15, -0.1) is 0 Å². The molecular formula is C14H16ClN3O. The quantitative estimate of drug-likeness (QED) is 0.910. The van der Waals surface area contributed by atoms with Crippen LogP contribution in [-0.2, 0) is 6.54 Å².